The van der Waals surface area contributed by atoms with Gasteiger partial charge in [-0.3, -0.25) is 0 Å². The predicted octanol–water partition coefficient (Wildman–Crippen LogP) is 4.98. The zero-order valence-electron chi connectivity index (χ0n) is 12.9. The van der Waals surface area contributed by atoms with E-state index in [0.717, 1.165) is 0 Å². The van der Waals surface area contributed by atoms with Crippen LogP contribution in [0.5, 0.6) is 0 Å². The minimum Gasteiger partial charge on any atom is -0.417 e. The van der Waals surface area contributed by atoms with Gasteiger partial charge in [-0.2, -0.15) is 0 Å². The Balaban J connectivity index is 0.000000383. The van der Waals surface area contributed by atoms with Gasteiger partial charge in [0.25, 0.3) is 0 Å². The fourth-order valence-corrected chi connectivity index (χ4v) is 2.35. The third kappa shape index (κ3) is 6.04. The van der Waals surface area contributed by atoms with Crippen molar-refractivity contribution in [3.05, 3.63) is 60.2 Å². The maximum absolute atomic E-state index is 5.15. The molecule has 111 valence electrons. The highest BCUT2D eigenvalue weighted by Crippen LogP contribution is 2.32. The molecule has 0 heterocycles. The molecule has 2 aromatic rings. The van der Waals surface area contributed by atoms with Gasteiger partial charge >= 0.3 is 0 Å². The summed E-state index contributed by atoms with van der Waals surface area (Å²) in [4.78, 5) is 0. The molecule has 0 atom stereocenters. The van der Waals surface area contributed by atoms with Gasteiger partial charge in [0.05, 0.1) is 0 Å². The Morgan fingerprint density at radius 3 is 2.00 bits per heavy atom. The molecule has 0 amide bonds. The molecule has 0 fully saturated rings. The Bertz CT molecular complexity index is 518. The van der Waals surface area contributed by atoms with Crippen molar-refractivity contribution in [2.75, 3.05) is 12.5 Å². The molecule has 3 heteroatoms. The lowest BCUT2D eigenvalue weighted by Crippen LogP contribution is -2.12. The third-order valence-corrected chi connectivity index (χ3v) is 3.36. The quantitative estimate of drug-likeness (QED) is 0.573. The molecule has 0 saturated carbocycles. The van der Waals surface area contributed by atoms with E-state index in [1.165, 1.54) is 16.7 Å². The van der Waals surface area contributed by atoms with E-state index in [4.69, 9.17) is 11.6 Å². The topological polar surface area (TPSA) is 9.23 Å². The molecule has 3 radical (unpaired) electrons. The summed E-state index contributed by atoms with van der Waals surface area (Å²) in [6.07, 6.45) is 0. The molecule has 0 unspecified atom stereocenters. The van der Waals surface area contributed by atoms with Crippen LogP contribution in [-0.2, 0) is 9.84 Å². The summed E-state index contributed by atoms with van der Waals surface area (Å²) < 4.78 is 4.36. The van der Waals surface area contributed by atoms with Gasteiger partial charge in [0.15, 0.2) is 0 Å². The minimum absolute atomic E-state index is 0.187. The summed E-state index contributed by atoms with van der Waals surface area (Å²) in [6, 6.07) is 19.2. The lowest BCUT2D eigenvalue weighted by Gasteiger charge is -2.23. The molecule has 0 aromatic heterocycles. The van der Waals surface area contributed by atoms with Crippen molar-refractivity contribution in [3.8, 4) is 11.1 Å². The number of hydrogen-bond donors (Lipinski definition) is 0. The smallest absolute Gasteiger partial charge is 0.246 e. The third-order valence-electron chi connectivity index (χ3n) is 3.00. The average Bonchev–Trinajstić information content (AvgIpc) is 2.49. The number of alkyl halides is 1. The Morgan fingerprint density at radius 1 is 0.952 bits per heavy atom. The monoisotopic (exact) mass is 317 g/mol. The van der Waals surface area contributed by atoms with Crippen molar-refractivity contribution >= 4 is 22.1 Å². The summed E-state index contributed by atoms with van der Waals surface area (Å²) in [6.45, 7) is 7.34. The fraction of sp³-hybridized carbons (Fsp3) is 0.333. The molecule has 21 heavy (non-hydrogen) atoms. The normalized spacial score (nSPS) is 10.7. The molecular weight excluding hydrogens is 296 g/mol. The van der Waals surface area contributed by atoms with Crippen molar-refractivity contribution < 1.29 is 4.43 Å². The molecule has 2 rings (SSSR count). The van der Waals surface area contributed by atoms with Crippen LogP contribution >= 0.6 is 11.6 Å². The van der Waals surface area contributed by atoms with E-state index in [0.29, 0.717) is 12.5 Å². The maximum atomic E-state index is 5.15. The van der Waals surface area contributed by atoms with Crippen LogP contribution in [0.3, 0.4) is 0 Å². The molecule has 0 bridgehead atoms. The Hall–Kier alpha value is -1.09. The van der Waals surface area contributed by atoms with Gasteiger partial charge in [-0.15, -0.1) is 11.6 Å². The van der Waals surface area contributed by atoms with Gasteiger partial charge in [-0.05, 0) is 22.1 Å². The van der Waals surface area contributed by atoms with Crippen LogP contribution in [0.25, 0.3) is 11.1 Å². The van der Waals surface area contributed by atoms with Crippen LogP contribution in [-0.4, -0.2) is 23.0 Å². The first-order valence-corrected chi connectivity index (χ1v) is 7.94. The van der Waals surface area contributed by atoms with E-state index in [9.17, 15) is 0 Å². The van der Waals surface area contributed by atoms with Crippen molar-refractivity contribution in [1.82, 2.24) is 0 Å². The van der Waals surface area contributed by atoms with E-state index < -0.39 is 0 Å². The van der Waals surface area contributed by atoms with Crippen molar-refractivity contribution in [2.24, 2.45) is 0 Å². The number of halogens is 1. The summed E-state index contributed by atoms with van der Waals surface area (Å²) in [7, 11) is 2.77. The maximum Gasteiger partial charge on any atom is 0.246 e. The standard InChI is InChI=1S/C16H18.C2H4ClOSi/c1-16(2,3)15-12-8-7-11-14(15)13-9-5-4-6-10-13;3-1-2-4-5/h4-12H,1-3H3;1-2H2. The van der Waals surface area contributed by atoms with Crippen LogP contribution in [0.4, 0.5) is 0 Å². The highest BCUT2D eigenvalue weighted by Gasteiger charge is 2.17. The van der Waals surface area contributed by atoms with Crippen LogP contribution in [0, 0.1) is 0 Å². The zero-order valence-corrected chi connectivity index (χ0v) is 14.7. The van der Waals surface area contributed by atoms with Crippen LogP contribution in [0.15, 0.2) is 54.6 Å². The van der Waals surface area contributed by atoms with Gasteiger partial charge < -0.3 is 4.43 Å². The lowest BCUT2D eigenvalue weighted by atomic mass is 9.82. The van der Waals surface area contributed by atoms with E-state index in [1.54, 1.807) is 0 Å². The number of hydrogen-bond acceptors (Lipinski definition) is 1. The molecule has 2 aromatic carbocycles. The first-order valence-electron chi connectivity index (χ1n) is 7.00. The highest BCUT2D eigenvalue weighted by atomic mass is 35.5. The Morgan fingerprint density at radius 2 is 1.52 bits per heavy atom. The summed E-state index contributed by atoms with van der Waals surface area (Å²) in [5.74, 6) is 0.545. The highest BCUT2D eigenvalue weighted by molar-refractivity contribution is 6.18. The van der Waals surface area contributed by atoms with Crippen molar-refractivity contribution in [3.63, 3.8) is 0 Å². The largest absolute Gasteiger partial charge is 0.417 e. The van der Waals surface area contributed by atoms with Crippen LogP contribution in [0.2, 0.25) is 0 Å². The average molecular weight is 318 g/mol. The van der Waals surface area contributed by atoms with E-state index in [2.05, 4.69) is 90.3 Å². The second-order valence-corrected chi connectivity index (χ2v) is 6.37. The SMILES string of the molecule is CC(C)(C)c1ccccc1-c1ccccc1.[Si]OCCCl. The van der Waals surface area contributed by atoms with Crippen LogP contribution in [0.1, 0.15) is 26.3 Å². The van der Waals surface area contributed by atoms with Crippen LogP contribution < -0.4 is 0 Å². The second kappa shape index (κ2) is 9.03. The van der Waals surface area contributed by atoms with E-state index >= 15 is 0 Å². The van der Waals surface area contributed by atoms with Gasteiger partial charge in [-0.25, -0.2) is 0 Å². The molecule has 0 spiro atoms. The summed E-state index contributed by atoms with van der Waals surface area (Å²) >= 11 is 5.15. The summed E-state index contributed by atoms with van der Waals surface area (Å²) in [5, 5.41) is 0. The second-order valence-electron chi connectivity index (χ2n) is 5.70. The molecule has 0 saturated heterocycles. The summed E-state index contributed by atoms with van der Waals surface area (Å²) in [5.41, 5.74) is 4.23. The predicted molar refractivity (Wildman–Crippen MR) is 93.0 cm³/mol. The first-order chi connectivity index (χ1) is 10.0. The van der Waals surface area contributed by atoms with Gasteiger partial charge in [0.1, 0.15) is 0 Å². The molecule has 1 nitrogen and oxygen atoms in total. The molecule has 0 aliphatic carbocycles. The van der Waals surface area contributed by atoms with Crippen molar-refractivity contribution in [1.29, 1.82) is 0 Å². The first kappa shape index (κ1) is 18.0. The molecule has 0 N–H and O–H groups in total. The molecule has 0 aliphatic heterocycles. The number of benzene rings is 2. The number of rotatable bonds is 3. The molecule has 0 aliphatic rings. The Kier molecular flexibility index (Phi) is 7.72. The fourth-order valence-electron chi connectivity index (χ4n) is 2.05. The Labute approximate surface area is 136 Å². The molecular formula is C18H22ClOSi. The van der Waals surface area contributed by atoms with E-state index in [1.807, 2.05) is 0 Å². The van der Waals surface area contributed by atoms with E-state index in [-0.39, 0.29) is 5.41 Å². The zero-order chi connectivity index (χ0) is 15.7. The van der Waals surface area contributed by atoms with Gasteiger partial charge in [0.2, 0.25) is 10.5 Å². The van der Waals surface area contributed by atoms with Gasteiger partial charge in [-0.1, -0.05) is 75.4 Å². The minimum atomic E-state index is 0.187. The van der Waals surface area contributed by atoms with Crippen molar-refractivity contribution in [2.45, 2.75) is 26.2 Å². The van der Waals surface area contributed by atoms with Gasteiger partial charge in [0, 0.05) is 12.5 Å². The lowest BCUT2D eigenvalue weighted by molar-refractivity contribution is 0.378.